The molecule has 1 atom stereocenters. The normalized spacial score (nSPS) is 14.9. The molecular weight excluding hydrogens is 468 g/mol. The van der Waals surface area contributed by atoms with Gasteiger partial charge in [0.1, 0.15) is 23.3 Å². The molecule has 0 aliphatic carbocycles. The number of nitrogens with zero attached hydrogens (tertiary/aromatic N) is 4. The van der Waals surface area contributed by atoms with Crippen LogP contribution in [0.2, 0.25) is 0 Å². The van der Waals surface area contributed by atoms with E-state index in [0.717, 1.165) is 53.8 Å². The van der Waals surface area contributed by atoms with Crippen LogP contribution in [0.5, 0.6) is 11.5 Å². The van der Waals surface area contributed by atoms with Gasteiger partial charge >= 0.3 is 0 Å². The summed E-state index contributed by atoms with van der Waals surface area (Å²) in [6.45, 7) is 8.14. The summed E-state index contributed by atoms with van der Waals surface area (Å²) in [6, 6.07) is 7.58. The van der Waals surface area contributed by atoms with Crippen LogP contribution in [0.3, 0.4) is 0 Å². The largest absolute Gasteiger partial charge is 0.493 e. The highest BCUT2D eigenvalue weighted by Gasteiger charge is 2.20. The molecule has 0 bridgehead atoms. The van der Waals surface area contributed by atoms with Crippen LogP contribution in [0.4, 0.5) is 11.6 Å². The zero-order chi connectivity index (χ0) is 24.1. The molecule has 1 fully saturated rings. The van der Waals surface area contributed by atoms with Gasteiger partial charge in [-0.15, -0.1) is 11.3 Å². The van der Waals surface area contributed by atoms with E-state index in [-0.39, 0.29) is 5.25 Å². The molecule has 0 radical (unpaired) electrons. The van der Waals surface area contributed by atoms with E-state index in [1.165, 1.54) is 29.5 Å². The number of nitrogen functional groups attached to an aromatic ring is 2. The molecule has 182 valence electrons. The molecule has 0 amide bonds. The van der Waals surface area contributed by atoms with E-state index in [0.29, 0.717) is 23.4 Å². The van der Waals surface area contributed by atoms with Crippen molar-refractivity contribution in [1.29, 1.82) is 0 Å². The third-order valence-electron chi connectivity index (χ3n) is 5.74. The minimum absolute atomic E-state index is 0.0515. The topological polar surface area (TPSA) is 112 Å². The van der Waals surface area contributed by atoms with E-state index in [4.69, 9.17) is 25.9 Å². The molecule has 0 saturated carbocycles. The predicted octanol–water partition coefficient (Wildman–Crippen LogP) is 4.66. The van der Waals surface area contributed by atoms with Gasteiger partial charge in [-0.2, -0.15) is 0 Å². The van der Waals surface area contributed by atoms with E-state index in [1.54, 1.807) is 24.5 Å². The number of likely N-dealkylation sites (tertiary alicyclic amines) is 1. The molecule has 1 aromatic carbocycles. The van der Waals surface area contributed by atoms with Crippen LogP contribution >= 0.6 is 23.1 Å². The summed E-state index contributed by atoms with van der Waals surface area (Å²) < 4.78 is 11.7. The maximum Gasteiger partial charge on any atom is 0.192 e. The minimum Gasteiger partial charge on any atom is -0.493 e. The van der Waals surface area contributed by atoms with Crippen LogP contribution in [0, 0.1) is 0 Å². The number of hydrogen-bond acceptors (Lipinski definition) is 10. The number of methoxy groups -OCH3 is 1. The lowest BCUT2D eigenvalue weighted by atomic mass is 10.2. The van der Waals surface area contributed by atoms with E-state index in [2.05, 4.69) is 28.7 Å². The predicted molar refractivity (Wildman–Crippen MR) is 140 cm³/mol. The van der Waals surface area contributed by atoms with E-state index in [9.17, 15) is 0 Å². The number of nitrogens with two attached hydrogens (primary N) is 2. The summed E-state index contributed by atoms with van der Waals surface area (Å²) in [4.78, 5) is 17.3. The number of thiazole rings is 1. The second-order valence-electron chi connectivity index (χ2n) is 8.20. The fourth-order valence-electron chi connectivity index (χ4n) is 4.00. The third-order valence-corrected chi connectivity index (χ3v) is 7.97. The number of benzene rings is 1. The average Bonchev–Trinajstić information content (AvgIpc) is 3.48. The van der Waals surface area contributed by atoms with Crippen molar-refractivity contribution in [3.63, 3.8) is 0 Å². The standard InChI is InChI=1S/C24H32N6O2S2/c1-4-19-22(15(2)33-24-27-20(25)14-21(26)28-24)29-23(34-19)16-7-8-17(31-3)18(13-16)32-12-11-30-9-5-6-10-30/h7-8,13-15H,4-6,9-12H2,1-3H3,(H4,25,26,27,28)/t15-/m1/s1. The number of thioether (sulfide) groups is 1. The highest BCUT2D eigenvalue weighted by molar-refractivity contribution is 7.99. The Morgan fingerprint density at radius 2 is 1.82 bits per heavy atom. The first-order valence-electron chi connectivity index (χ1n) is 11.6. The van der Waals surface area contributed by atoms with Gasteiger partial charge in [0.25, 0.3) is 0 Å². The molecule has 1 aliphatic rings. The van der Waals surface area contributed by atoms with Crippen molar-refractivity contribution in [1.82, 2.24) is 19.9 Å². The first-order valence-corrected chi connectivity index (χ1v) is 13.3. The van der Waals surface area contributed by atoms with Crippen LogP contribution in [0.25, 0.3) is 10.6 Å². The molecule has 3 heterocycles. The van der Waals surface area contributed by atoms with Crippen molar-refractivity contribution in [2.45, 2.75) is 43.5 Å². The van der Waals surface area contributed by atoms with Crippen LogP contribution in [-0.2, 0) is 6.42 Å². The van der Waals surface area contributed by atoms with Crippen molar-refractivity contribution in [2.75, 3.05) is 44.8 Å². The van der Waals surface area contributed by atoms with E-state index in [1.807, 2.05) is 18.2 Å². The van der Waals surface area contributed by atoms with E-state index < -0.39 is 0 Å². The first-order chi connectivity index (χ1) is 16.5. The van der Waals surface area contributed by atoms with Crippen molar-refractivity contribution in [3.05, 3.63) is 34.8 Å². The number of ether oxygens (including phenoxy) is 2. The van der Waals surface area contributed by atoms with E-state index >= 15 is 0 Å². The van der Waals surface area contributed by atoms with Crippen LogP contribution < -0.4 is 20.9 Å². The Labute approximate surface area is 209 Å². The number of anilines is 2. The van der Waals surface area contributed by atoms with Gasteiger partial charge < -0.3 is 20.9 Å². The molecule has 8 nitrogen and oxygen atoms in total. The molecule has 0 spiro atoms. The maximum absolute atomic E-state index is 6.13. The summed E-state index contributed by atoms with van der Waals surface area (Å²) in [5.74, 6) is 2.22. The second kappa shape index (κ2) is 11.2. The van der Waals surface area contributed by atoms with Gasteiger partial charge in [-0.3, -0.25) is 4.90 Å². The summed E-state index contributed by atoms with van der Waals surface area (Å²) in [7, 11) is 1.67. The number of aromatic nitrogens is 3. The summed E-state index contributed by atoms with van der Waals surface area (Å²) in [6.07, 6.45) is 3.45. The molecular formula is C24H32N6O2S2. The first kappa shape index (κ1) is 24.6. The van der Waals surface area contributed by atoms with Crippen molar-refractivity contribution < 1.29 is 9.47 Å². The van der Waals surface area contributed by atoms with Gasteiger partial charge in [0.05, 0.1) is 18.1 Å². The SMILES string of the molecule is CCc1sc(-c2ccc(OC)c(OCCN3CCCC3)c2)nc1[C@@H](C)Sc1nc(N)cc(N)n1. The van der Waals surface area contributed by atoms with Crippen LogP contribution in [0.15, 0.2) is 29.4 Å². The molecule has 4 rings (SSSR count). The Bertz CT molecular complexity index is 1100. The molecule has 3 aromatic rings. The smallest absolute Gasteiger partial charge is 0.192 e. The molecule has 1 aliphatic heterocycles. The lowest BCUT2D eigenvalue weighted by molar-refractivity contribution is 0.230. The minimum atomic E-state index is 0.0515. The fraction of sp³-hybridized carbons (Fsp3) is 0.458. The monoisotopic (exact) mass is 500 g/mol. The Hall–Kier alpha value is -2.56. The third kappa shape index (κ3) is 5.92. The zero-order valence-electron chi connectivity index (χ0n) is 19.9. The lowest BCUT2D eigenvalue weighted by Gasteiger charge is -2.16. The van der Waals surface area contributed by atoms with Gasteiger partial charge in [-0.05, 0) is 57.5 Å². The summed E-state index contributed by atoms with van der Waals surface area (Å²) in [5.41, 5.74) is 13.7. The maximum atomic E-state index is 6.13. The van der Waals surface area contributed by atoms with Gasteiger partial charge in [0, 0.05) is 23.1 Å². The average molecular weight is 501 g/mol. The molecule has 1 saturated heterocycles. The quantitative estimate of drug-likeness (QED) is 0.303. The lowest BCUT2D eigenvalue weighted by Crippen LogP contribution is -2.25. The number of aryl methyl sites for hydroxylation is 1. The van der Waals surface area contributed by atoms with Gasteiger partial charge in [-0.25, -0.2) is 15.0 Å². The van der Waals surface area contributed by atoms with Crippen molar-refractivity contribution >= 4 is 34.7 Å². The van der Waals surface area contributed by atoms with Gasteiger partial charge in [0.2, 0.25) is 0 Å². The van der Waals surface area contributed by atoms with Gasteiger partial charge in [-0.1, -0.05) is 18.7 Å². The number of rotatable bonds is 10. The Balaban J connectivity index is 1.53. The van der Waals surface area contributed by atoms with Gasteiger partial charge in [0.15, 0.2) is 16.7 Å². The van der Waals surface area contributed by atoms with Crippen molar-refractivity contribution in [3.8, 4) is 22.1 Å². The molecule has 34 heavy (non-hydrogen) atoms. The summed E-state index contributed by atoms with van der Waals surface area (Å²) >= 11 is 3.21. The molecule has 10 heteroatoms. The Morgan fingerprint density at radius 3 is 2.50 bits per heavy atom. The Morgan fingerprint density at radius 1 is 1.09 bits per heavy atom. The Kier molecular flexibility index (Phi) is 8.12. The number of hydrogen-bond donors (Lipinski definition) is 2. The van der Waals surface area contributed by atoms with Crippen molar-refractivity contribution in [2.24, 2.45) is 0 Å². The van der Waals surface area contributed by atoms with Crippen LogP contribution in [0.1, 0.15) is 42.5 Å². The van der Waals surface area contributed by atoms with Crippen LogP contribution in [-0.4, -0.2) is 53.2 Å². The zero-order valence-corrected chi connectivity index (χ0v) is 21.5. The molecule has 4 N–H and O–H groups in total. The second-order valence-corrected chi connectivity index (χ2v) is 10.6. The fourth-order valence-corrected chi connectivity index (χ4v) is 6.11. The highest BCUT2D eigenvalue weighted by atomic mass is 32.2. The molecule has 0 unspecified atom stereocenters. The summed E-state index contributed by atoms with van der Waals surface area (Å²) in [5, 5.41) is 1.56. The molecule has 2 aromatic heterocycles. The highest BCUT2D eigenvalue weighted by Crippen LogP contribution is 2.41.